The molecule has 5 atom stereocenters. The van der Waals surface area contributed by atoms with Crippen LogP contribution >= 0.6 is 0 Å². The van der Waals surface area contributed by atoms with Crippen molar-refractivity contribution in [2.45, 2.75) is 143 Å². The fourth-order valence-electron chi connectivity index (χ4n) is 7.39. The number of benzene rings is 1. The number of aliphatic hydroxyl groups is 1. The third-order valence-corrected chi connectivity index (χ3v) is 10.2. The molecule has 1 aromatic carbocycles. The minimum Gasteiger partial charge on any atom is -0.388 e. The maximum atomic E-state index is 13.5. The molecular formula is C41H67N6O3+. The monoisotopic (exact) mass is 692 g/mol. The molecule has 2 saturated heterocycles. The minimum absolute atomic E-state index is 0.0108. The highest BCUT2D eigenvalue weighted by atomic mass is 16.3. The van der Waals surface area contributed by atoms with E-state index >= 15 is 0 Å². The van der Waals surface area contributed by atoms with Gasteiger partial charge < -0.3 is 26.0 Å². The first kappa shape index (κ1) is 42.3. The largest absolute Gasteiger partial charge is 0.388 e. The van der Waals surface area contributed by atoms with Gasteiger partial charge in [0.05, 0.1) is 17.9 Å². The molecule has 278 valence electrons. The van der Waals surface area contributed by atoms with Crippen LogP contribution in [0.5, 0.6) is 0 Å². The highest BCUT2D eigenvalue weighted by Gasteiger charge is 2.60. The van der Waals surface area contributed by atoms with Crippen LogP contribution in [0.25, 0.3) is 0 Å². The molecule has 50 heavy (non-hydrogen) atoms. The summed E-state index contributed by atoms with van der Waals surface area (Å²) < 4.78 is 0. The van der Waals surface area contributed by atoms with Crippen LogP contribution in [0.1, 0.15) is 123 Å². The van der Waals surface area contributed by atoms with Gasteiger partial charge in [-0.05, 0) is 88.5 Å². The molecule has 9 nitrogen and oxygen atoms in total. The predicted octanol–water partition coefficient (Wildman–Crippen LogP) is 4.52. The molecule has 0 aromatic heterocycles. The third-order valence-electron chi connectivity index (χ3n) is 10.2. The molecule has 2 amide bonds. The second kappa shape index (κ2) is 18.9. The fourth-order valence-corrected chi connectivity index (χ4v) is 7.39. The second-order valence-corrected chi connectivity index (χ2v) is 14.2. The number of hydrogen-bond donors (Lipinski definition) is 6. The molecule has 0 spiro atoms. The number of amides is 2. The minimum atomic E-state index is -0.791. The van der Waals surface area contributed by atoms with Crippen LogP contribution in [0.15, 0.2) is 66.0 Å². The molecule has 3 aliphatic rings. The van der Waals surface area contributed by atoms with Gasteiger partial charge in [-0.25, -0.2) is 0 Å². The quantitative estimate of drug-likeness (QED) is 0.0977. The van der Waals surface area contributed by atoms with E-state index in [1.165, 1.54) is 5.56 Å². The van der Waals surface area contributed by atoms with Gasteiger partial charge in [-0.2, -0.15) is 0 Å². The van der Waals surface area contributed by atoms with Crippen molar-refractivity contribution in [3.05, 3.63) is 82.7 Å². The average molecular weight is 692 g/mol. The molecule has 7 N–H and O–H groups in total. The molecule has 2 unspecified atom stereocenters. The van der Waals surface area contributed by atoms with E-state index in [9.17, 15) is 14.7 Å². The van der Waals surface area contributed by atoms with Gasteiger partial charge in [0.2, 0.25) is 5.84 Å². The number of amidine groups is 1. The van der Waals surface area contributed by atoms with E-state index in [0.29, 0.717) is 12.4 Å². The molecule has 9 heteroatoms. The summed E-state index contributed by atoms with van der Waals surface area (Å²) in [6.45, 7) is 25.4. The number of likely N-dealkylation sites (N-methyl/N-ethyl adjacent to an activating group) is 1. The molecule has 2 heterocycles. The van der Waals surface area contributed by atoms with Gasteiger partial charge in [0.25, 0.3) is 11.8 Å². The van der Waals surface area contributed by atoms with E-state index in [0.717, 1.165) is 66.6 Å². The number of nitrogens with two attached hydrogens (primary N) is 1. The Morgan fingerprint density at radius 2 is 1.88 bits per heavy atom. The van der Waals surface area contributed by atoms with Crippen molar-refractivity contribution < 1.29 is 19.7 Å². The first-order valence-corrected chi connectivity index (χ1v) is 18.6. The second-order valence-electron chi connectivity index (χ2n) is 14.2. The number of carbonyl (C=O) groups is 2. The Kier molecular flexibility index (Phi) is 16.0. The molecule has 2 aliphatic heterocycles. The highest BCUT2D eigenvalue weighted by molar-refractivity contribution is 5.97. The van der Waals surface area contributed by atoms with E-state index in [2.05, 4.69) is 66.2 Å². The van der Waals surface area contributed by atoms with Crippen LogP contribution < -0.4 is 26.7 Å². The fraction of sp³-hybridized carbons (Fsp3) is 0.585. The molecule has 0 radical (unpaired) electrons. The summed E-state index contributed by atoms with van der Waals surface area (Å²) in [5.74, 6) is 1.33. The van der Waals surface area contributed by atoms with E-state index in [-0.39, 0.29) is 29.3 Å². The number of aliphatic hydroxyl groups excluding tert-OH is 1. The zero-order valence-electron chi connectivity index (χ0n) is 32.8. The van der Waals surface area contributed by atoms with Crippen LogP contribution in [0.4, 0.5) is 0 Å². The molecule has 2 fully saturated rings. The number of nitrogens with zero attached hydrogens (tertiary/aromatic N) is 1. The van der Waals surface area contributed by atoms with E-state index in [1.54, 1.807) is 7.05 Å². The Balaban J connectivity index is 0.000000458. The van der Waals surface area contributed by atoms with Crippen molar-refractivity contribution in [3.63, 3.8) is 0 Å². The van der Waals surface area contributed by atoms with Crippen molar-refractivity contribution in [2.75, 3.05) is 13.6 Å². The SMILES string of the molecule is C=C1NC(C)[C@H]([NH+]=C(N)CCC)[C@@]2(C)C(O)[C@H](NC(=O)c3cccc4c3CCCC4(C)C)CN12.CC.C\C=C(C)/C=C\C(=C\CC)C(=O)NC. The highest BCUT2D eigenvalue weighted by Crippen LogP contribution is 2.40. The van der Waals surface area contributed by atoms with Crippen molar-refractivity contribution >= 4 is 17.6 Å². The van der Waals surface area contributed by atoms with Gasteiger partial charge >= 0.3 is 0 Å². The predicted molar refractivity (Wildman–Crippen MR) is 208 cm³/mol. The van der Waals surface area contributed by atoms with Crippen LogP contribution in [-0.4, -0.2) is 71.0 Å². The van der Waals surface area contributed by atoms with Crippen molar-refractivity contribution in [3.8, 4) is 0 Å². The summed E-state index contributed by atoms with van der Waals surface area (Å²) in [5.41, 5.74) is 10.7. The first-order valence-electron chi connectivity index (χ1n) is 18.6. The number of nitrogens with one attached hydrogen (secondary N) is 4. The normalized spacial score (nSPS) is 26.0. The Labute approximate surface area is 302 Å². The van der Waals surface area contributed by atoms with Crippen molar-refractivity contribution in [1.29, 1.82) is 0 Å². The maximum absolute atomic E-state index is 13.5. The third kappa shape index (κ3) is 9.68. The Morgan fingerprint density at radius 1 is 1.20 bits per heavy atom. The van der Waals surface area contributed by atoms with Crippen LogP contribution in [-0.2, 0) is 16.6 Å². The van der Waals surface area contributed by atoms with E-state index < -0.39 is 17.7 Å². The number of hydrogen-bond acceptors (Lipinski definition) is 5. The summed E-state index contributed by atoms with van der Waals surface area (Å²) in [6, 6.07) is 5.49. The molecule has 0 bridgehead atoms. The van der Waals surface area contributed by atoms with Gasteiger partial charge in [-0.1, -0.05) is 84.1 Å². The smallest absolute Gasteiger partial charge is 0.251 e. The molecule has 4 rings (SSSR count). The summed E-state index contributed by atoms with van der Waals surface area (Å²) in [6.07, 6.45) is 12.6. The van der Waals surface area contributed by atoms with Gasteiger partial charge in [-0.15, -0.1) is 0 Å². The Hall–Kier alpha value is -3.85. The lowest BCUT2D eigenvalue weighted by molar-refractivity contribution is -0.532. The summed E-state index contributed by atoms with van der Waals surface area (Å²) in [5, 5.41) is 20.8. The van der Waals surface area contributed by atoms with Crippen LogP contribution in [0, 0.1) is 0 Å². The van der Waals surface area contributed by atoms with Gasteiger partial charge in [-0.3, -0.25) is 20.3 Å². The molecule has 1 aromatic rings. The topological polar surface area (TPSA) is 134 Å². The summed E-state index contributed by atoms with van der Waals surface area (Å²) in [7, 11) is 1.64. The maximum Gasteiger partial charge on any atom is 0.251 e. The number of allylic oxidation sites excluding steroid dienone is 4. The lowest BCUT2D eigenvalue weighted by Gasteiger charge is -2.49. The lowest BCUT2D eigenvalue weighted by atomic mass is 9.71. The zero-order chi connectivity index (χ0) is 37.8. The van der Waals surface area contributed by atoms with Crippen molar-refractivity contribution in [1.82, 2.24) is 20.9 Å². The first-order chi connectivity index (χ1) is 23.7. The Bertz CT molecular complexity index is 1460. The zero-order valence-corrected chi connectivity index (χ0v) is 32.8. The average Bonchev–Trinajstić information content (AvgIpc) is 3.35. The van der Waals surface area contributed by atoms with Gasteiger partial charge in [0.1, 0.15) is 17.7 Å². The number of fused-ring (bicyclic) bond motifs is 2. The standard InChI is InChI=1S/C27H41N5O2.C12H19NO.C2H6/c1-7-10-22(28)31-23-16(2)29-17(3)32-15-21(24(33)27(23,32)6)30-25(34)19-11-8-13-20-18(19)12-9-14-26(20,4)5;1-5-7-11(12(14)13-4)9-8-10(3)6-2;1-2/h8,11,13,16,21,23-24,29,33H,3,7,9-10,12,14-15H2,1-2,4-6H3,(H2,28,31)(H,30,34);6-9H,5H2,1-4H3,(H,13,14);1-2H3/p+1/b;9-8-,10-6-,11-7-;/t16?,21-,23+,24?,27+;;/m1../s1. The van der Waals surface area contributed by atoms with E-state index in [4.69, 9.17) is 5.73 Å². The summed E-state index contributed by atoms with van der Waals surface area (Å²) >= 11 is 0. The van der Waals surface area contributed by atoms with Crippen LogP contribution in [0.2, 0.25) is 0 Å². The Morgan fingerprint density at radius 3 is 2.48 bits per heavy atom. The molecular weight excluding hydrogens is 624 g/mol. The summed E-state index contributed by atoms with van der Waals surface area (Å²) in [4.78, 5) is 30.4. The van der Waals surface area contributed by atoms with Gasteiger partial charge in [0.15, 0.2) is 0 Å². The molecule has 1 aliphatic carbocycles. The van der Waals surface area contributed by atoms with E-state index in [1.807, 2.05) is 78.0 Å². The van der Waals surface area contributed by atoms with Crippen molar-refractivity contribution in [2.24, 2.45) is 5.73 Å². The number of carbonyl (C=O) groups excluding carboxylic acids is 2. The lowest BCUT2D eigenvalue weighted by Crippen LogP contribution is -2.94. The number of rotatable bonds is 9. The van der Waals surface area contributed by atoms with Gasteiger partial charge in [0, 0.05) is 31.1 Å². The van der Waals surface area contributed by atoms with Crippen LogP contribution in [0.3, 0.4) is 0 Å². The molecule has 0 saturated carbocycles.